The summed E-state index contributed by atoms with van der Waals surface area (Å²) >= 11 is 5.23. The van der Waals surface area contributed by atoms with Crippen molar-refractivity contribution in [1.82, 2.24) is 5.32 Å². The van der Waals surface area contributed by atoms with Gasteiger partial charge >= 0.3 is 0 Å². The van der Waals surface area contributed by atoms with Gasteiger partial charge in [-0.05, 0) is 55.0 Å². The molecule has 3 aromatic rings. The molecule has 4 heteroatoms. The third-order valence-corrected chi connectivity index (χ3v) is 3.63. The van der Waals surface area contributed by atoms with Gasteiger partial charge in [-0.25, -0.2) is 0 Å². The standard InChI is InChI=1S/C18H18N2OS/c1-2-11-19-18(22)20-15-9-7-13(8-10-15)17-12-14-5-3-4-6-16(14)21-17/h3-10,12H,2,11H2,1H3,(H2,19,20,22). The Bertz CT molecular complexity index is 744. The molecule has 3 nitrogen and oxygen atoms in total. The number of fused-ring (bicyclic) bond motifs is 1. The third-order valence-electron chi connectivity index (χ3n) is 3.39. The summed E-state index contributed by atoms with van der Waals surface area (Å²) in [7, 11) is 0. The van der Waals surface area contributed by atoms with Gasteiger partial charge in [0.25, 0.3) is 0 Å². The normalized spacial score (nSPS) is 10.6. The average Bonchev–Trinajstić information content (AvgIpc) is 2.97. The van der Waals surface area contributed by atoms with Crippen LogP contribution in [0.2, 0.25) is 0 Å². The topological polar surface area (TPSA) is 37.2 Å². The minimum absolute atomic E-state index is 0.651. The van der Waals surface area contributed by atoms with Crippen molar-refractivity contribution in [2.24, 2.45) is 0 Å². The van der Waals surface area contributed by atoms with E-state index in [1.165, 1.54) is 0 Å². The van der Waals surface area contributed by atoms with Crippen LogP contribution >= 0.6 is 12.2 Å². The van der Waals surface area contributed by atoms with Crippen LogP contribution in [0.25, 0.3) is 22.3 Å². The fourth-order valence-electron chi connectivity index (χ4n) is 2.26. The summed E-state index contributed by atoms with van der Waals surface area (Å²) in [6.45, 7) is 2.99. The molecule has 0 amide bonds. The van der Waals surface area contributed by atoms with Crippen molar-refractivity contribution >= 4 is 34.0 Å². The van der Waals surface area contributed by atoms with E-state index < -0.39 is 0 Å². The number of para-hydroxylation sites is 1. The van der Waals surface area contributed by atoms with Gasteiger partial charge in [-0.15, -0.1) is 0 Å². The SMILES string of the molecule is CCCNC(=S)Nc1ccc(-c2cc3ccccc3o2)cc1. The molecule has 0 bridgehead atoms. The number of rotatable bonds is 4. The number of thiocarbonyl (C=S) groups is 1. The van der Waals surface area contributed by atoms with Gasteiger partial charge < -0.3 is 15.1 Å². The van der Waals surface area contributed by atoms with Crippen molar-refractivity contribution in [1.29, 1.82) is 0 Å². The lowest BCUT2D eigenvalue weighted by Gasteiger charge is -2.09. The highest BCUT2D eigenvalue weighted by Gasteiger charge is 2.06. The minimum atomic E-state index is 0.651. The largest absolute Gasteiger partial charge is 0.456 e. The van der Waals surface area contributed by atoms with Crippen LogP contribution in [0.3, 0.4) is 0 Å². The first-order valence-corrected chi connectivity index (χ1v) is 7.81. The quantitative estimate of drug-likeness (QED) is 0.679. The summed E-state index contributed by atoms with van der Waals surface area (Å²) in [5, 5.41) is 8.09. The molecule has 0 atom stereocenters. The lowest BCUT2D eigenvalue weighted by atomic mass is 10.1. The Labute approximate surface area is 135 Å². The van der Waals surface area contributed by atoms with Crippen LogP contribution in [-0.2, 0) is 0 Å². The Hall–Kier alpha value is -2.33. The molecule has 0 saturated carbocycles. The third kappa shape index (κ3) is 3.28. The molecule has 112 valence electrons. The number of anilines is 1. The molecule has 0 aliphatic carbocycles. The number of hydrogen-bond donors (Lipinski definition) is 2. The van der Waals surface area contributed by atoms with Crippen LogP contribution in [0.15, 0.2) is 59.0 Å². The van der Waals surface area contributed by atoms with E-state index in [1.54, 1.807) is 0 Å². The lowest BCUT2D eigenvalue weighted by molar-refractivity contribution is 0.631. The summed E-state index contributed by atoms with van der Waals surface area (Å²) in [6.07, 6.45) is 1.05. The predicted molar refractivity (Wildman–Crippen MR) is 96.2 cm³/mol. The maximum Gasteiger partial charge on any atom is 0.170 e. The highest BCUT2D eigenvalue weighted by Crippen LogP contribution is 2.28. The monoisotopic (exact) mass is 310 g/mol. The van der Waals surface area contributed by atoms with Crippen LogP contribution in [-0.4, -0.2) is 11.7 Å². The maximum absolute atomic E-state index is 5.87. The van der Waals surface area contributed by atoms with E-state index in [1.807, 2.05) is 42.5 Å². The molecule has 1 aromatic heterocycles. The first kappa shape index (κ1) is 14.6. The predicted octanol–water partition coefficient (Wildman–Crippen LogP) is 4.80. The van der Waals surface area contributed by atoms with Gasteiger partial charge in [0.15, 0.2) is 5.11 Å². The summed E-state index contributed by atoms with van der Waals surface area (Å²) in [5.41, 5.74) is 2.92. The van der Waals surface area contributed by atoms with E-state index >= 15 is 0 Å². The van der Waals surface area contributed by atoms with Gasteiger partial charge in [-0.3, -0.25) is 0 Å². The molecule has 1 heterocycles. The Morgan fingerprint density at radius 2 is 1.86 bits per heavy atom. The van der Waals surface area contributed by atoms with E-state index in [4.69, 9.17) is 16.6 Å². The van der Waals surface area contributed by atoms with Crippen molar-refractivity contribution in [2.75, 3.05) is 11.9 Å². The van der Waals surface area contributed by atoms with E-state index in [0.29, 0.717) is 5.11 Å². The van der Waals surface area contributed by atoms with E-state index in [9.17, 15) is 0 Å². The van der Waals surface area contributed by atoms with Gasteiger partial charge in [0, 0.05) is 23.2 Å². The Kier molecular flexibility index (Phi) is 4.39. The second-order valence-electron chi connectivity index (χ2n) is 5.11. The summed E-state index contributed by atoms with van der Waals surface area (Å²) < 4.78 is 5.87. The smallest absolute Gasteiger partial charge is 0.170 e. The van der Waals surface area contributed by atoms with Crippen molar-refractivity contribution in [2.45, 2.75) is 13.3 Å². The molecule has 0 aliphatic rings. The van der Waals surface area contributed by atoms with Gasteiger partial charge in [-0.2, -0.15) is 0 Å². The van der Waals surface area contributed by atoms with E-state index in [-0.39, 0.29) is 0 Å². The second-order valence-corrected chi connectivity index (χ2v) is 5.51. The molecular formula is C18H18N2OS. The molecular weight excluding hydrogens is 292 g/mol. The van der Waals surface area contributed by atoms with Crippen LogP contribution in [0, 0.1) is 0 Å². The number of hydrogen-bond acceptors (Lipinski definition) is 2. The average molecular weight is 310 g/mol. The van der Waals surface area contributed by atoms with Gasteiger partial charge in [0.05, 0.1) is 0 Å². The van der Waals surface area contributed by atoms with Crippen molar-refractivity contribution < 1.29 is 4.42 Å². The Balaban J connectivity index is 1.74. The fraction of sp³-hybridized carbons (Fsp3) is 0.167. The molecule has 3 rings (SSSR count). The summed E-state index contributed by atoms with van der Waals surface area (Å²) in [4.78, 5) is 0. The molecule has 2 N–H and O–H groups in total. The number of furan rings is 1. The molecule has 0 radical (unpaired) electrons. The first-order chi connectivity index (χ1) is 10.8. The van der Waals surface area contributed by atoms with Gasteiger partial charge in [0.2, 0.25) is 0 Å². The fourth-order valence-corrected chi connectivity index (χ4v) is 2.48. The molecule has 22 heavy (non-hydrogen) atoms. The van der Waals surface area contributed by atoms with Gasteiger partial charge in [-0.1, -0.05) is 25.1 Å². The van der Waals surface area contributed by atoms with E-state index in [2.05, 4.69) is 29.7 Å². The zero-order chi connectivity index (χ0) is 15.4. The minimum Gasteiger partial charge on any atom is -0.456 e. The van der Waals surface area contributed by atoms with Crippen LogP contribution in [0.1, 0.15) is 13.3 Å². The van der Waals surface area contributed by atoms with Crippen molar-refractivity contribution in [3.05, 3.63) is 54.6 Å². The zero-order valence-electron chi connectivity index (χ0n) is 12.4. The van der Waals surface area contributed by atoms with Crippen LogP contribution in [0.4, 0.5) is 5.69 Å². The number of nitrogens with one attached hydrogen (secondary N) is 2. The highest BCUT2D eigenvalue weighted by atomic mass is 32.1. The van der Waals surface area contributed by atoms with Crippen LogP contribution in [0.5, 0.6) is 0 Å². The molecule has 0 unspecified atom stereocenters. The number of benzene rings is 2. The highest BCUT2D eigenvalue weighted by molar-refractivity contribution is 7.80. The van der Waals surface area contributed by atoms with Crippen molar-refractivity contribution in [3.8, 4) is 11.3 Å². The maximum atomic E-state index is 5.87. The van der Waals surface area contributed by atoms with Crippen LogP contribution < -0.4 is 10.6 Å². The molecule has 0 fully saturated rings. The zero-order valence-corrected chi connectivity index (χ0v) is 13.2. The Morgan fingerprint density at radius 3 is 2.59 bits per heavy atom. The molecule has 0 saturated heterocycles. The van der Waals surface area contributed by atoms with Gasteiger partial charge in [0.1, 0.15) is 11.3 Å². The first-order valence-electron chi connectivity index (χ1n) is 7.40. The molecule has 0 aliphatic heterocycles. The van der Waals surface area contributed by atoms with E-state index in [0.717, 1.165) is 40.9 Å². The second kappa shape index (κ2) is 6.62. The Morgan fingerprint density at radius 1 is 1.09 bits per heavy atom. The van der Waals surface area contributed by atoms with Crippen molar-refractivity contribution in [3.63, 3.8) is 0 Å². The summed E-state index contributed by atoms with van der Waals surface area (Å²) in [6, 6.07) is 18.1. The lowest BCUT2D eigenvalue weighted by Crippen LogP contribution is -2.28. The molecule has 2 aromatic carbocycles. The summed E-state index contributed by atoms with van der Waals surface area (Å²) in [5.74, 6) is 0.874. The molecule has 0 spiro atoms.